The van der Waals surface area contributed by atoms with Crippen LogP contribution in [0.15, 0.2) is 18.2 Å². The van der Waals surface area contributed by atoms with Gasteiger partial charge in [0, 0.05) is 25.2 Å². The molecule has 18 heavy (non-hydrogen) atoms. The van der Waals surface area contributed by atoms with Crippen molar-refractivity contribution in [3.05, 3.63) is 29.3 Å². The second-order valence-corrected chi connectivity index (χ2v) is 5.41. The van der Waals surface area contributed by atoms with E-state index in [1.807, 2.05) is 0 Å². The number of carbonyl (C=O) groups excluding carboxylic acids is 1. The van der Waals surface area contributed by atoms with Gasteiger partial charge in [0.05, 0.1) is 0 Å². The molecule has 0 saturated carbocycles. The van der Waals surface area contributed by atoms with Crippen molar-refractivity contribution in [2.75, 3.05) is 18.0 Å². The third-order valence-electron chi connectivity index (χ3n) is 3.86. The Morgan fingerprint density at radius 1 is 1.28 bits per heavy atom. The summed E-state index contributed by atoms with van der Waals surface area (Å²) in [5.74, 6) is 0.319. The predicted molar refractivity (Wildman–Crippen MR) is 76.3 cm³/mol. The number of piperidine rings is 1. The largest absolute Gasteiger partial charge is 0.371 e. The van der Waals surface area contributed by atoms with Crippen molar-refractivity contribution in [3.63, 3.8) is 0 Å². The summed E-state index contributed by atoms with van der Waals surface area (Å²) < 4.78 is 0. The summed E-state index contributed by atoms with van der Waals surface area (Å²) in [6.07, 6.45) is 5.57. The first-order valence-electron chi connectivity index (χ1n) is 7.01. The first-order chi connectivity index (χ1) is 8.72. The van der Waals surface area contributed by atoms with Crippen molar-refractivity contribution in [1.29, 1.82) is 0 Å². The summed E-state index contributed by atoms with van der Waals surface area (Å²) in [7, 11) is 0. The van der Waals surface area contributed by atoms with Crippen LogP contribution >= 0.6 is 0 Å². The van der Waals surface area contributed by atoms with Crippen LogP contribution in [0.3, 0.4) is 0 Å². The van der Waals surface area contributed by atoms with Gasteiger partial charge in [-0.3, -0.25) is 0 Å². The molecule has 2 nitrogen and oxygen atoms in total. The molecule has 1 aromatic carbocycles. The lowest BCUT2D eigenvalue weighted by Crippen LogP contribution is -2.30. The summed E-state index contributed by atoms with van der Waals surface area (Å²) in [5, 5.41) is 0. The predicted octanol–water partition coefficient (Wildman–Crippen LogP) is 3.68. The molecule has 1 aliphatic rings. The van der Waals surface area contributed by atoms with E-state index >= 15 is 0 Å². The van der Waals surface area contributed by atoms with Crippen LogP contribution < -0.4 is 4.90 Å². The smallest absolute Gasteiger partial charge is 0.120 e. The minimum atomic E-state index is 0.319. The zero-order chi connectivity index (χ0) is 13.0. The molecule has 1 saturated heterocycles. The van der Waals surface area contributed by atoms with E-state index in [4.69, 9.17) is 0 Å². The minimum Gasteiger partial charge on any atom is -0.371 e. The van der Waals surface area contributed by atoms with Gasteiger partial charge in [-0.1, -0.05) is 24.6 Å². The highest BCUT2D eigenvalue weighted by atomic mass is 16.1. The van der Waals surface area contributed by atoms with Crippen molar-refractivity contribution >= 4 is 12.0 Å². The Bertz CT molecular complexity index is 408. The molecule has 1 atom stereocenters. The quantitative estimate of drug-likeness (QED) is 0.754. The minimum absolute atomic E-state index is 0.319. The summed E-state index contributed by atoms with van der Waals surface area (Å²) in [6.45, 7) is 6.58. The maximum atomic E-state index is 10.7. The van der Waals surface area contributed by atoms with Crippen LogP contribution in [-0.4, -0.2) is 19.4 Å². The fourth-order valence-electron chi connectivity index (χ4n) is 2.76. The Morgan fingerprint density at radius 2 is 2.00 bits per heavy atom. The summed E-state index contributed by atoms with van der Waals surface area (Å²) in [4.78, 5) is 13.2. The highest BCUT2D eigenvalue weighted by molar-refractivity contribution is 5.59. The van der Waals surface area contributed by atoms with Crippen LogP contribution in [-0.2, 0) is 4.79 Å². The average molecular weight is 245 g/mol. The van der Waals surface area contributed by atoms with Gasteiger partial charge in [0.2, 0.25) is 0 Å². The Labute approximate surface area is 110 Å². The zero-order valence-corrected chi connectivity index (χ0v) is 11.5. The van der Waals surface area contributed by atoms with E-state index in [0.29, 0.717) is 12.3 Å². The molecule has 2 rings (SSSR count). The standard InChI is InChI=1S/C16H23NO/c1-13-6-7-16(17-9-4-3-5-10-17)15(12-13)14(2)8-11-18/h6-7,11-12,14H,3-5,8-10H2,1-2H3. The van der Waals surface area contributed by atoms with Crippen molar-refractivity contribution in [2.45, 2.75) is 45.4 Å². The van der Waals surface area contributed by atoms with Gasteiger partial charge in [0.25, 0.3) is 0 Å². The summed E-state index contributed by atoms with van der Waals surface area (Å²) in [5.41, 5.74) is 3.96. The molecule has 0 bridgehead atoms. The average Bonchev–Trinajstić information content (AvgIpc) is 2.40. The number of carbonyl (C=O) groups is 1. The molecule has 1 aromatic rings. The lowest BCUT2D eigenvalue weighted by atomic mass is 9.93. The highest BCUT2D eigenvalue weighted by Gasteiger charge is 2.17. The van der Waals surface area contributed by atoms with Crippen molar-refractivity contribution in [3.8, 4) is 0 Å². The number of aldehydes is 1. The molecular weight excluding hydrogens is 222 g/mol. The number of nitrogens with zero attached hydrogens (tertiary/aromatic N) is 1. The molecule has 1 fully saturated rings. The first kappa shape index (κ1) is 13.1. The van der Waals surface area contributed by atoms with Crippen LogP contribution in [0, 0.1) is 6.92 Å². The highest BCUT2D eigenvalue weighted by Crippen LogP contribution is 2.31. The Kier molecular flexibility index (Phi) is 4.40. The van der Waals surface area contributed by atoms with Crippen molar-refractivity contribution in [1.82, 2.24) is 0 Å². The third-order valence-corrected chi connectivity index (χ3v) is 3.86. The maximum Gasteiger partial charge on any atom is 0.120 e. The fourth-order valence-corrected chi connectivity index (χ4v) is 2.76. The second-order valence-electron chi connectivity index (χ2n) is 5.41. The van der Waals surface area contributed by atoms with Gasteiger partial charge in [-0.15, -0.1) is 0 Å². The number of anilines is 1. The lowest BCUT2D eigenvalue weighted by Gasteiger charge is -2.32. The van der Waals surface area contributed by atoms with Crippen LogP contribution in [0.4, 0.5) is 5.69 Å². The number of hydrogen-bond acceptors (Lipinski definition) is 2. The molecule has 0 aromatic heterocycles. The second kappa shape index (κ2) is 6.03. The van der Waals surface area contributed by atoms with Gasteiger partial charge < -0.3 is 9.69 Å². The Morgan fingerprint density at radius 3 is 2.67 bits per heavy atom. The number of benzene rings is 1. The third kappa shape index (κ3) is 2.92. The van der Waals surface area contributed by atoms with E-state index in [-0.39, 0.29) is 0 Å². The Hall–Kier alpha value is -1.31. The van der Waals surface area contributed by atoms with Gasteiger partial charge in [0.1, 0.15) is 6.29 Å². The molecule has 0 spiro atoms. The van der Waals surface area contributed by atoms with Crippen LogP contribution in [0.25, 0.3) is 0 Å². The van der Waals surface area contributed by atoms with E-state index in [9.17, 15) is 4.79 Å². The number of rotatable bonds is 4. The first-order valence-corrected chi connectivity index (χ1v) is 7.01. The van der Waals surface area contributed by atoms with Crippen LogP contribution in [0.1, 0.15) is 49.7 Å². The number of aryl methyl sites for hydroxylation is 1. The van der Waals surface area contributed by atoms with E-state index in [1.165, 1.54) is 36.1 Å². The molecule has 98 valence electrons. The molecule has 2 heteroatoms. The van der Waals surface area contributed by atoms with E-state index in [2.05, 4.69) is 36.9 Å². The molecule has 1 heterocycles. The monoisotopic (exact) mass is 245 g/mol. The van der Waals surface area contributed by atoms with Crippen LogP contribution in [0.2, 0.25) is 0 Å². The van der Waals surface area contributed by atoms with E-state index in [0.717, 1.165) is 19.4 Å². The lowest BCUT2D eigenvalue weighted by molar-refractivity contribution is -0.108. The topological polar surface area (TPSA) is 20.3 Å². The maximum absolute atomic E-state index is 10.7. The van der Waals surface area contributed by atoms with Gasteiger partial charge in [-0.2, -0.15) is 0 Å². The molecule has 0 radical (unpaired) electrons. The molecule has 0 amide bonds. The molecule has 1 unspecified atom stereocenters. The molecule has 0 N–H and O–H groups in total. The van der Waals surface area contributed by atoms with Gasteiger partial charge in [-0.05, 0) is 43.7 Å². The van der Waals surface area contributed by atoms with Crippen molar-refractivity contribution < 1.29 is 4.79 Å². The van der Waals surface area contributed by atoms with Crippen molar-refractivity contribution in [2.24, 2.45) is 0 Å². The summed E-state index contributed by atoms with van der Waals surface area (Å²) in [6, 6.07) is 6.66. The zero-order valence-electron chi connectivity index (χ0n) is 11.5. The molecular formula is C16H23NO. The van der Waals surface area contributed by atoms with Gasteiger partial charge in [-0.25, -0.2) is 0 Å². The van der Waals surface area contributed by atoms with Gasteiger partial charge in [0.15, 0.2) is 0 Å². The number of hydrogen-bond donors (Lipinski definition) is 0. The van der Waals surface area contributed by atoms with E-state index < -0.39 is 0 Å². The summed E-state index contributed by atoms with van der Waals surface area (Å²) >= 11 is 0. The van der Waals surface area contributed by atoms with E-state index in [1.54, 1.807) is 0 Å². The SMILES string of the molecule is Cc1ccc(N2CCCCC2)c(C(C)CC=O)c1. The molecule has 1 aliphatic heterocycles. The van der Waals surface area contributed by atoms with Crippen LogP contribution in [0.5, 0.6) is 0 Å². The fraction of sp³-hybridized carbons (Fsp3) is 0.562. The Balaban J connectivity index is 2.29. The van der Waals surface area contributed by atoms with Gasteiger partial charge >= 0.3 is 0 Å². The molecule has 0 aliphatic carbocycles. The normalized spacial score (nSPS) is 17.6.